The van der Waals surface area contributed by atoms with Crippen LogP contribution in [0, 0.1) is 6.92 Å². The molecule has 0 bridgehead atoms. The number of aromatic nitrogens is 1. The van der Waals surface area contributed by atoms with Crippen LogP contribution in [-0.2, 0) is 4.79 Å². The van der Waals surface area contributed by atoms with Crippen molar-refractivity contribution in [2.45, 2.75) is 6.92 Å². The van der Waals surface area contributed by atoms with Crippen molar-refractivity contribution in [3.05, 3.63) is 24.0 Å². The van der Waals surface area contributed by atoms with Gasteiger partial charge in [-0.3, -0.25) is 9.78 Å². The van der Waals surface area contributed by atoms with Gasteiger partial charge in [0.25, 0.3) is 0 Å². The van der Waals surface area contributed by atoms with E-state index in [0.717, 1.165) is 11.3 Å². The van der Waals surface area contributed by atoms with Crippen molar-refractivity contribution in [3.8, 4) is 0 Å². The van der Waals surface area contributed by atoms with Crippen LogP contribution in [0.25, 0.3) is 0 Å². The van der Waals surface area contributed by atoms with E-state index in [-0.39, 0.29) is 5.91 Å². The molecule has 0 aliphatic rings. The Labute approximate surface area is 77.4 Å². The van der Waals surface area contributed by atoms with Crippen LogP contribution in [0.4, 0.5) is 5.69 Å². The minimum Gasteiger partial charge on any atom is -0.376 e. The zero-order chi connectivity index (χ0) is 9.68. The Hall–Kier alpha value is -1.58. The molecule has 0 spiro atoms. The van der Waals surface area contributed by atoms with Gasteiger partial charge in [0.05, 0.1) is 6.54 Å². The van der Waals surface area contributed by atoms with E-state index in [1.54, 1.807) is 19.4 Å². The highest BCUT2D eigenvalue weighted by Crippen LogP contribution is 2.10. The van der Waals surface area contributed by atoms with Crippen LogP contribution in [0.5, 0.6) is 0 Å². The average molecular weight is 179 g/mol. The molecule has 1 heterocycles. The quantitative estimate of drug-likeness (QED) is 0.712. The first-order valence-electron chi connectivity index (χ1n) is 4.09. The van der Waals surface area contributed by atoms with Gasteiger partial charge in [-0.25, -0.2) is 0 Å². The van der Waals surface area contributed by atoms with Gasteiger partial charge in [-0.15, -0.1) is 0 Å². The fourth-order valence-electron chi connectivity index (χ4n) is 0.936. The number of nitrogens with one attached hydrogen (secondary N) is 2. The number of rotatable bonds is 3. The first-order chi connectivity index (χ1) is 6.24. The van der Waals surface area contributed by atoms with Crippen molar-refractivity contribution in [1.82, 2.24) is 10.3 Å². The van der Waals surface area contributed by atoms with Crippen LogP contribution >= 0.6 is 0 Å². The van der Waals surface area contributed by atoms with Crippen LogP contribution < -0.4 is 10.6 Å². The number of anilines is 1. The SMILES string of the molecule is CNC(=O)CNc1ccncc1C. The van der Waals surface area contributed by atoms with Gasteiger partial charge in [0.2, 0.25) is 5.91 Å². The van der Waals surface area contributed by atoms with E-state index in [9.17, 15) is 4.79 Å². The first kappa shape index (κ1) is 9.51. The number of carbonyl (C=O) groups excluding carboxylic acids is 1. The van der Waals surface area contributed by atoms with Gasteiger partial charge in [-0.05, 0) is 18.6 Å². The van der Waals surface area contributed by atoms with Crippen molar-refractivity contribution in [2.24, 2.45) is 0 Å². The predicted molar refractivity (Wildman–Crippen MR) is 51.5 cm³/mol. The molecule has 13 heavy (non-hydrogen) atoms. The summed E-state index contributed by atoms with van der Waals surface area (Å²) in [7, 11) is 1.61. The third-order valence-electron chi connectivity index (χ3n) is 1.74. The van der Waals surface area contributed by atoms with Crippen molar-refractivity contribution in [3.63, 3.8) is 0 Å². The number of carbonyl (C=O) groups is 1. The zero-order valence-electron chi connectivity index (χ0n) is 7.79. The lowest BCUT2D eigenvalue weighted by Gasteiger charge is -2.07. The lowest BCUT2D eigenvalue weighted by molar-refractivity contribution is -0.118. The second kappa shape index (κ2) is 4.45. The van der Waals surface area contributed by atoms with Gasteiger partial charge in [0, 0.05) is 25.1 Å². The van der Waals surface area contributed by atoms with E-state index in [2.05, 4.69) is 15.6 Å². The van der Waals surface area contributed by atoms with Gasteiger partial charge in [0.1, 0.15) is 0 Å². The van der Waals surface area contributed by atoms with E-state index >= 15 is 0 Å². The number of hydrogen-bond donors (Lipinski definition) is 2. The Bertz CT molecular complexity index is 299. The summed E-state index contributed by atoms with van der Waals surface area (Å²) in [6.07, 6.45) is 3.45. The van der Waals surface area contributed by atoms with Crippen molar-refractivity contribution in [1.29, 1.82) is 0 Å². The molecule has 1 rings (SSSR count). The van der Waals surface area contributed by atoms with Crippen LogP contribution in [0.2, 0.25) is 0 Å². The number of amides is 1. The van der Waals surface area contributed by atoms with Gasteiger partial charge in [-0.1, -0.05) is 0 Å². The Kier molecular flexibility index (Phi) is 3.25. The number of nitrogens with zero attached hydrogens (tertiary/aromatic N) is 1. The summed E-state index contributed by atoms with van der Waals surface area (Å²) in [5, 5.41) is 5.55. The van der Waals surface area contributed by atoms with Gasteiger partial charge in [0.15, 0.2) is 0 Å². The van der Waals surface area contributed by atoms with Crippen LogP contribution in [0.3, 0.4) is 0 Å². The highest BCUT2D eigenvalue weighted by atomic mass is 16.1. The Balaban J connectivity index is 2.54. The summed E-state index contributed by atoms with van der Waals surface area (Å²) in [4.78, 5) is 14.9. The van der Waals surface area contributed by atoms with Crippen molar-refractivity contribution in [2.75, 3.05) is 18.9 Å². The predicted octanol–water partition coefficient (Wildman–Crippen LogP) is 0.548. The number of hydrogen-bond acceptors (Lipinski definition) is 3. The molecule has 4 heteroatoms. The highest BCUT2D eigenvalue weighted by molar-refractivity contribution is 5.80. The second-order valence-corrected chi connectivity index (χ2v) is 2.72. The summed E-state index contributed by atoms with van der Waals surface area (Å²) in [5.41, 5.74) is 1.98. The molecule has 0 radical (unpaired) electrons. The summed E-state index contributed by atoms with van der Waals surface area (Å²) in [6, 6.07) is 1.85. The van der Waals surface area contributed by atoms with Crippen LogP contribution in [0.15, 0.2) is 18.5 Å². The summed E-state index contributed by atoms with van der Waals surface area (Å²) >= 11 is 0. The second-order valence-electron chi connectivity index (χ2n) is 2.72. The Morgan fingerprint density at radius 3 is 3.00 bits per heavy atom. The molecule has 1 aromatic rings. The number of aryl methyl sites for hydroxylation is 1. The Morgan fingerprint density at radius 1 is 1.62 bits per heavy atom. The first-order valence-corrected chi connectivity index (χ1v) is 4.09. The summed E-state index contributed by atoms with van der Waals surface area (Å²) in [5.74, 6) is -0.0313. The molecular formula is C9H13N3O. The Morgan fingerprint density at radius 2 is 2.38 bits per heavy atom. The molecule has 1 aromatic heterocycles. The highest BCUT2D eigenvalue weighted by Gasteiger charge is 1.99. The van der Waals surface area contributed by atoms with E-state index in [1.807, 2.05) is 13.0 Å². The molecule has 0 unspecified atom stereocenters. The molecular weight excluding hydrogens is 166 g/mol. The smallest absolute Gasteiger partial charge is 0.239 e. The maximum atomic E-state index is 10.9. The van der Waals surface area contributed by atoms with Crippen LogP contribution in [-0.4, -0.2) is 24.5 Å². The summed E-state index contributed by atoms with van der Waals surface area (Å²) < 4.78 is 0. The fraction of sp³-hybridized carbons (Fsp3) is 0.333. The molecule has 4 nitrogen and oxygen atoms in total. The molecule has 0 aliphatic carbocycles. The molecule has 0 fully saturated rings. The van der Waals surface area contributed by atoms with E-state index in [4.69, 9.17) is 0 Å². The molecule has 2 N–H and O–H groups in total. The average Bonchev–Trinajstić information content (AvgIpc) is 2.16. The molecule has 70 valence electrons. The van der Waals surface area contributed by atoms with Gasteiger partial charge >= 0.3 is 0 Å². The van der Waals surface area contributed by atoms with E-state index in [1.165, 1.54) is 0 Å². The third kappa shape index (κ3) is 2.74. The molecule has 0 atom stereocenters. The normalized spacial score (nSPS) is 9.38. The third-order valence-corrected chi connectivity index (χ3v) is 1.74. The van der Waals surface area contributed by atoms with Crippen molar-refractivity contribution >= 4 is 11.6 Å². The molecule has 0 aromatic carbocycles. The molecule has 0 saturated carbocycles. The van der Waals surface area contributed by atoms with Crippen LogP contribution in [0.1, 0.15) is 5.56 Å². The minimum atomic E-state index is -0.0313. The monoisotopic (exact) mass is 179 g/mol. The minimum absolute atomic E-state index is 0.0313. The lowest BCUT2D eigenvalue weighted by atomic mass is 10.2. The standard InChI is InChI=1S/C9H13N3O/c1-7-5-11-4-3-8(7)12-6-9(13)10-2/h3-5H,6H2,1-2H3,(H,10,13)(H,11,12). The van der Waals surface area contributed by atoms with E-state index in [0.29, 0.717) is 6.54 Å². The maximum Gasteiger partial charge on any atom is 0.239 e. The molecule has 0 aliphatic heterocycles. The number of likely N-dealkylation sites (N-methyl/N-ethyl adjacent to an activating group) is 1. The van der Waals surface area contributed by atoms with Gasteiger partial charge in [-0.2, -0.15) is 0 Å². The zero-order valence-corrected chi connectivity index (χ0v) is 7.79. The lowest BCUT2D eigenvalue weighted by Crippen LogP contribution is -2.26. The largest absolute Gasteiger partial charge is 0.376 e. The molecule has 1 amide bonds. The molecule has 0 saturated heterocycles. The number of pyridine rings is 1. The van der Waals surface area contributed by atoms with Gasteiger partial charge < -0.3 is 10.6 Å². The maximum absolute atomic E-state index is 10.9. The fourth-order valence-corrected chi connectivity index (χ4v) is 0.936. The van der Waals surface area contributed by atoms with E-state index < -0.39 is 0 Å². The summed E-state index contributed by atoms with van der Waals surface area (Å²) in [6.45, 7) is 2.24. The van der Waals surface area contributed by atoms with Crippen molar-refractivity contribution < 1.29 is 4.79 Å². The topological polar surface area (TPSA) is 54.0 Å².